The third-order valence-corrected chi connectivity index (χ3v) is 7.39. The predicted molar refractivity (Wildman–Crippen MR) is 163 cm³/mol. The lowest BCUT2D eigenvalue weighted by molar-refractivity contribution is -0.113. The number of aromatic nitrogens is 3. The molecule has 0 fully saturated rings. The number of carbonyl (C=O) groups is 1. The molecule has 1 aliphatic heterocycles. The van der Waals surface area contributed by atoms with Crippen LogP contribution in [0.25, 0.3) is 0 Å². The van der Waals surface area contributed by atoms with E-state index in [1.165, 1.54) is 23.0 Å². The average Bonchev–Trinajstić information content (AvgIpc) is 3.43. The number of hydrogen-bond donors (Lipinski definition) is 2. The zero-order valence-electron chi connectivity index (χ0n) is 24.9. The van der Waals surface area contributed by atoms with E-state index >= 15 is 0 Å². The van der Waals surface area contributed by atoms with E-state index in [1.54, 1.807) is 4.68 Å². The number of aryl methyl sites for hydroxylation is 3. The monoisotopic (exact) mass is 567 g/mol. The molecule has 2 N–H and O–H groups in total. The Balaban J connectivity index is 1.49. The van der Waals surface area contributed by atoms with Crippen molar-refractivity contribution in [2.45, 2.75) is 54.2 Å². The zero-order chi connectivity index (χ0) is 29.8. The second kappa shape index (κ2) is 12.4. The number of hydrogen-bond acceptors (Lipinski definition) is 7. The van der Waals surface area contributed by atoms with Crippen molar-refractivity contribution >= 4 is 17.5 Å². The van der Waals surface area contributed by atoms with Crippen LogP contribution in [-0.2, 0) is 11.4 Å². The van der Waals surface area contributed by atoms with Crippen LogP contribution in [0.3, 0.4) is 0 Å². The second-order valence-electron chi connectivity index (χ2n) is 10.3. The maximum absolute atomic E-state index is 13.9. The molecule has 0 spiro atoms. The highest BCUT2D eigenvalue weighted by atomic mass is 16.5. The number of allylic oxidation sites excluding steroid dienone is 1. The van der Waals surface area contributed by atoms with Crippen molar-refractivity contribution in [2.24, 2.45) is 0 Å². The number of amides is 1. The second-order valence-corrected chi connectivity index (χ2v) is 10.3. The number of rotatable bonds is 10. The van der Waals surface area contributed by atoms with E-state index in [0.717, 1.165) is 11.1 Å². The fraction of sp³-hybridized carbons (Fsp3) is 0.303. The third kappa shape index (κ3) is 5.81. The number of carbonyl (C=O) groups excluding carboxylic acids is 1. The highest BCUT2D eigenvalue weighted by Gasteiger charge is 2.34. The zero-order valence-corrected chi connectivity index (χ0v) is 24.9. The molecule has 1 unspecified atom stereocenters. The molecule has 3 aromatic carbocycles. The molecule has 9 heteroatoms. The molecule has 1 aromatic heterocycles. The van der Waals surface area contributed by atoms with Crippen molar-refractivity contribution in [1.82, 2.24) is 14.8 Å². The van der Waals surface area contributed by atoms with Gasteiger partial charge in [0.25, 0.3) is 5.91 Å². The molecule has 0 bridgehead atoms. The van der Waals surface area contributed by atoms with Gasteiger partial charge in [-0.15, -0.1) is 0 Å². The van der Waals surface area contributed by atoms with Crippen molar-refractivity contribution in [2.75, 3.05) is 23.8 Å². The van der Waals surface area contributed by atoms with Gasteiger partial charge < -0.3 is 24.8 Å². The summed E-state index contributed by atoms with van der Waals surface area (Å²) in [6.45, 7) is 13.4. The standard InChI is InChI=1S/C33H37N5O4/c1-7-40-27-12-10-9-11-26(27)37-32(39)30-23(6)36-33-34-19-35-38(33)31(30)24-13-14-28(29(17-24)41-8-2)42-18-25-16-21(4)20(3)15-22(25)5/h9-17,19,31H,7-8,18H2,1-6H3,(H,37,39)(H,34,35,36). The number of nitrogens with zero attached hydrogens (tertiary/aromatic N) is 3. The van der Waals surface area contributed by atoms with E-state index in [9.17, 15) is 4.79 Å². The fourth-order valence-corrected chi connectivity index (χ4v) is 5.15. The minimum Gasteiger partial charge on any atom is -0.492 e. The van der Waals surface area contributed by atoms with Crippen LogP contribution < -0.4 is 24.8 Å². The molecule has 2 heterocycles. The van der Waals surface area contributed by atoms with Gasteiger partial charge in [0.05, 0.1) is 24.5 Å². The number of fused-ring (bicyclic) bond motifs is 1. The van der Waals surface area contributed by atoms with Gasteiger partial charge in [-0.3, -0.25) is 4.79 Å². The summed E-state index contributed by atoms with van der Waals surface area (Å²) in [4.78, 5) is 18.2. The number of nitrogens with one attached hydrogen (secondary N) is 2. The van der Waals surface area contributed by atoms with Crippen LogP contribution in [-0.4, -0.2) is 33.9 Å². The average molecular weight is 568 g/mol. The highest BCUT2D eigenvalue weighted by molar-refractivity contribution is 6.06. The van der Waals surface area contributed by atoms with E-state index < -0.39 is 6.04 Å². The van der Waals surface area contributed by atoms with Crippen molar-refractivity contribution in [3.05, 3.63) is 100 Å². The van der Waals surface area contributed by atoms with Crippen molar-refractivity contribution in [3.63, 3.8) is 0 Å². The SMILES string of the molecule is CCOc1ccccc1NC(=O)C1=C(C)Nc2ncnn2C1c1ccc(OCc2cc(C)c(C)cc2C)c(OCC)c1. The summed E-state index contributed by atoms with van der Waals surface area (Å²) < 4.78 is 19.8. The summed E-state index contributed by atoms with van der Waals surface area (Å²) in [5, 5.41) is 10.7. The lowest BCUT2D eigenvalue weighted by atomic mass is 9.94. The Hall–Kier alpha value is -4.79. The number of para-hydroxylation sites is 2. The molecule has 4 aromatic rings. The Morgan fingerprint density at radius 2 is 1.62 bits per heavy atom. The highest BCUT2D eigenvalue weighted by Crippen LogP contribution is 2.39. The van der Waals surface area contributed by atoms with E-state index in [-0.39, 0.29) is 5.91 Å². The minimum atomic E-state index is -0.557. The first-order valence-corrected chi connectivity index (χ1v) is 14.2. The number of benzene rings is 3. The quantitative estimate of drug-likeness (QED) is 0.225. The van der Waals surface area contributed by atoms with Crippen LogP contribution in [0.2, 0.25) is 0 Å². The molecular formula is C33H37N5O4. The summed E-state index contributed by atoms with van der Waals surface area (Å²) in [7, 11) is 0. The van der Waals surface area contributed by atoms with E-state index in [2.05, 4.69) is 53.6 Å². The van der Waals surface area contributed by atoms with Crippen LogP contribution in [0.4, 0.5) is 11.6 Å². The number of ether oxygens (including phenoxy) is 3. The van der Waals surface area contributed by atoms with Gasteiger partial charge in [-0.05, 0) is 93.6 Å². The normalized spacial score (nSPS) is 14.2. The Kier molecular flexibility index (Phi) is 8.47. The third-order valence-electron chi connectivity index (χ3n) is 7.39. The van der Waals surface area contributed by atoms with Crippen LogP contribution >= 0.6 is 0 Å². The Labute approximate surface area is 246 Å². The Morgan fingerprint density at radius 1 is 0.881 bits per heavy atom. The Morgan fingerprint density at radius 3 is 2.40 bits per heavy atom. The van der Waals surface area contributed by atoms with Gasteiger partial charge in [0, 0.05) is 5.70 Å². The first kappa shape index (κ1) is 28.7. The van der Waals surface area contributed by atoms with Gasteiger partial charge in [-0.1, -0.05) is 30.3 Å². The van der Waals surface area contributed by atoms with Gasteiger partial charge in [0.15, 0.2) is 11.5 Å². The van der Waals surface area contributed by atoms with E-state index in [1.807, 2.05) is 63.2 Å². The van der Waals surface area contributed by atoms with E-state index in [4.69, 9.17) is 14.2 Å². The minimum absolute atomic E-state index is 0.276. The Bertz CT molecular complexity index is 1640. The smallest absolute Gasteiger partial charge is 0.255 e. The summed E-state index contributed by atoms with van der Waals surface area (Å²) in [5.41, 5.74) is 7.37. The largest absolute Gasteiger partial charge is 0.492 e. The topological polar surface area (TPSA) is 99.5 Å². The molecule has 0 radical (unpaired) electrons. The molecule has 0 aliphatic carbocycles. The predicted octanol–water partition coefficient (Wildman–Crippen LogP) is 6.51. The molecule has 0 saturated carbocycles. The van der Waals surface area contributed by atoms with Gasteiger partial charge >= 0.3 is 0 Å². The lowest BCUT2D eigenvalue weighted by Crippen LogP contribution is -2.31. The molecule has 0 saturated heterocycles. The van der Waals surface area contributed by atoms with E-state index in [0.29, 0.717) is 60.0 Å². The molecule has 218 valence electrons. The van der Waals surface area contributed by atoms with Gasteiger partial charge in [-0.25, -0.2) is 4.68 Å². The summed E-state index contributed by atoms with van der Waals surface area (Å²) in [6.07, 6.45) is 1.47. The molecule has 5 rings (SSSR count). The van der Waals surface area contributed by atoms with Crippen LogP contribution in [0, 0.1) is 20.8 Å². The van der Waals surface area contributed by atoms with Crippen molar-refractivity contribution < 1.29 is 19.0 Å². The van der Waals surface area contributed by atoms with Crippen molar-refractivity contribution in [1.29, 1.82) is 0 Å². The molecule has 1 atom stereocenters. The van der Waals surface area contributed by atoms with Crippen LogP contribution in [0.1, 0.15) is 54.6 Å². The fourth-order valence-electron chi connectivity index (χ4n) is 5.15. The number of anilines is 2. The first-order valence-electron chi connectivity index (χ1n) is 14.2. The van der Waals surface area contributed by atoms with Gasteiger partial charge in [-0.2, -0.15) is 10.1 Å². The van der Waals surface area contributed by atoms with Crippen LogP contribution in [0.15, 0.2) is 72.2 Å². The molecule has 1 amide bonds. The van der Waals surface area contributed by atoms with Crippen molar-refractivity contribution in [3.8, 4) is 17.2 Å². The first-order chi connectivity index (χ1) is 20.3. The summed E-state index contributed by atoms with van der Waals surface area (Å²) in [5.74, 6) is 2.10. The maximum Gasteiger partial charge on any atom is 0.255 e. The molecule has 42 heavy (non-hydrogen) atoms. The summed E-state index contributed by atoms with van der Waals surface area (Å²) >= 11 is 0. The van der Waals surface area contributed by atoms with Gasteiger partial charge in [0.2, 0.25) is 5.95 Å². The van der Waals surface area contributed by atoms with Gasteiger partial charge in [0.1, 0.15) is 24.7 Å². The summed E-state index contributed by atoms with van der Waals surface area (Å²) in [6, 6.07) is 16.9. The van der Waals surface area contributed by atoms with Crippen LogP contribution in [0.5, 0.6) is 17.2 Å². The lowest BCUT2D eigenvalue weighted by Gasteiger charge is -2.29. The molecular weight excluding hydrogens is 530 g/mol. The molecule has 9 nitrogen and oxygen atoms in total. The molecule has 1 aliphatic rings. The maximum atomic E-state index is 13.9.